The number of Topliss-reactive ketones (excluding diaryl/α,β-unsaturated/α-hetero) is 1. The van der Waals surface area contributed by atoms with Crippen LogP contribution >= 0.6 is 0 Å². The van der Waals surface area contributed by atoms with Gasteiger partial charge in [0, 0.05) is 24.8 Å². The van der Waals surface area contributed by atoms with Crippen LogP contribution in [0.4, 0.5) is 18.9 Å². The number of amides is 2. The first-order valence-electron chi connectivity index (χ1n) is 13.9. The fraction of sp³-hybridized carbons (Fsp3) is 0.188. The molecular formula is C32H24F3N3O6S. The molecule has 0 aliphatic carbocycles. The highest BCUT2D eigenvalue weighted by molar-refractivity contribution is 7.89. The number of carbonyl (C=O) groups excluding carboxylic acids is 3. The number of aromatic nitrogens is 1. The van der Waals surface area contributed by atoms with Gasteiger partial charge in [0.2, 0.25) is 10.0 Å². The Labute approximate surface area is 255 Å². The van der Waals surface area contributed by atoms with Crippen LogP contribution in [0.1, 0.15) is 49.5 Å². The van der Waals surface area contributed by atoms with Gasteiger partial charge in [0.25, 0.3) is 17.4 Å². The highest BCUT2D eigenvalue weighted by Crippen LogP contribution is 2.33. The number of ketones is 1. The first kappa shape index (κ1) is 30.2. The van der Waals surface area contributed by atoms with Gasteiger partial charge in [-0.1, -0.05) is 48.5 Å². The molecule has 0 saturated carbocycles. The second kappa shape index (κ2) is 11.2. The van der Waals surface area contributed by atoms with E-state index in [4.69, 9.17) is 0 Å². The molecule has 1 aromatic heterocycles. The number of rotatable bonds is 7. The van der Waals surface area contributed by atoms with E-state index in [1.54, 1.807) is 12.1 Å². The molecule has 6 rings (SSSR count). The number of alkyl halides is 3. The number of anilines is 1. The van der Waals surface area contributed by atoms with E-state index >= 15 is 0 Å². The largest absolute Gasteiger partial charge is 0.416 e. The standard InChI is InChI=1S/C32H24F3N3O6S/c33-32(34,35)23-7-5-6-22(16-23)20-10-12-21(13-11-20)28(39)19-36-18-24(45(43,44)37-14-3-4-15-37)17-27(31(36)42)38-29(40)25-8-1-2-9-26(25)30(38)41/h1-2,5-13,16-18H,3-4,14-15,19H2. The van der Waals surface area contributed by atoms with E-state index in [1.807, 2.05) is 0 Å². The van der Waals surface area contributed by atoms with Gasteiger partial charge in [-0.3, -0.25) is 19.2 Å². The van der Waals surface area contributed by atoms with Crippen molar-refractivity contribution in [2.45, 2.75) is 30.5 Å². The number of hydrogen-bond acceptors (Lipinski definition) is 6. The van der Waals surface area contributed by atoms with E-state index in [2.05, 4.69) is 0 Å². The van der Waals surface area contributed by atoms with Crippen molar-refractivity contribution in [3.05, 3.63) is 118 Å². The average molecular weight is 636 g/mol. The lowest BCUT2D eigenvalue weighted by Crippen LogP contribution is -2.38. The van der Waals surface area contributed by atoms with Gasteiger partial charge in [-0.2, -0.15) is 17.5 Å². The molecule has 230 valence electrons. The molecule has 0 spiro atoms. The van der Waals surface area contributed by atoms with E-state index in [1.165, 1.54) is 52.8 Å². The van der Waals surface area contributed by atoms with E-state index in [9.17, 15) is 40.8 Å². The van der Waals surface area contributed by atoms with Crippen LogP contribution in [0.5, 0.6) is 0 Å². The molecule has 0 atom stereocenters. The summed E-state index contributed by atoms with van der Waals surface area (Å²) in [5.41, 5.74) is -1.35. The molecule has 0 N–H and O–H groups in total. The number of carbonyl (C=O) groups is 3. The molecule has 0 unspecified atom stereocenters. The third-order valence-corrected chi connectivity index (χ3v) is 9.69. The summed E-state index contributed by atoms with van der Waals surface area (Å²) in [6.45, 7) is -0.136. The molecule has 0 radical (unpaired) electrons. The van der Waals surface area contributed by atoms with Crippen LogP contribution < -0.4 is 10.5 Å². The summed E-state index contributed by atoms with van der Waals surface area (Å²) in [6, 6.07) is 17.4. The van der Waals surface area contributed by atoms with Crippen molar-refractivity contribution < 1.29 is 36.0 Å². The van der Waals surface area contributed by atoms with Crippen LogP contribution in [-0.4, -0.2) is 48.0 Å². The summed E-state index contributed by atoms with van der Waals surface area (Å²) in [4.78, 5) is 53.7. The first-order valence-corrected chi connectivity index (χ1v) is 15.3. The molecule has 1 fully saturated rings. The predicted octanol–water partition coefficient (Wildman–Crippen LogP) is 5.00. The average Bonchev–Trinajstić information content (AvgIpc) is 3.66. The van der Waals surface area contributed by atoms with E-state index < -0.39 is 57.2 Å². The van der Waals surface area contributed by atoms with Gasteiger partial charge in [-0.05, 0) is 54.3 Å². The van der Waals surface area contributed by atoms with Crippen molar-refractivity contribution >= 4 is 33.3 Å². The molecular weight excluding hydrogens is 611 g/mol. The summed E-state index contributed by atoms with van der Waals surface area (Å²) >= 11 is 0. The van der Waals surface area contributed by atoms with Crippen molar-refractivity contribution in [3.63, 3.8) is 0 Å². The highest BCUT2D eigenvalue weighted by atomic mass is 32.2. The Morgan fingerprint density at radius 1 is 0.778 bits per heavy atom. The minimum Gasteiger partial charge on any atom is -0.305 e. The number of pyridine rings is 1. The van der Waals surface area contributed by atoms with Gasteiger partial charge in [-0.25, -0.2) is 13.3 Å². The zero-order chi connectivity index (χ0) is 32.1. The van der Waals surface area contributed by atoms with Crippen molar-refractivity contribution in [1.29, 1.82) is 0 Å². The van der Waals surface area contributed by atoms with Crippen LogP contribution in [0.2, 0.25) is 0 Å². The molecule has 45 heavy (non-hydrogen) atoms. The second-order valence-corrected chi connectivity index (χ2v) is 12.6. The third-order valence-electron chi connectivity index (χ3n) is 7.82. The lowest BCUT2D eigenvalue weighted by Gasteiger charge is -2.20. The van der Waals surface area contributed by atoms with E-state index in [0.717, 1.165) is 29.0 Å². The second-order valence-electron chi connectivity index (χ2n) is 10.7. The molecule has 0 bridgehead atoms. The summed E-state index contributed by atoms with van der Waals surface area (Å²) in [5.74, 6) is -2.21. The van der Waals surface area contributed by atoms with Gasteiger partial charge in [0.05, 0.1) is 23.2 Å². The number of nitrogens with zero attached hydrogens (tertiary/aromatic N) is 3. The van der Waals surface area contributed by atoms with Crippen molar-refractivity contribution in [2.75, 3.05) is 18.0 Å². The minimum absolute atomic E-state index is 0.0539. The molecule has 2 aliphatic rings. The maximum Gasteiger partial charge on any atom is 0.416 e. The van der Waals surface area contributed by atoms with Crippen LogP contribution in [0.3, 0.4) is 0 Å². The highest BCUT2D eigenvalue weighted by Gasteiger charge is 2.39. The number of imide groups is 1. The Balaban J connectivity index is 1.36. The third kappa shape index (κ3) is 5.49. The Hall–Kier alpha value is -4.88. The Kier molecular flexibility index (Phi) is 7.53. The van der Waals surface area contributed by atoms with Crippen molar-refractivity contribution in [3.8, 4) is 11.1 Å². The molecule has 1 saturated heterocycles. The number of fused-ring (bicyclic) bond motifs is 1. The van der Waals surface area contributed by atoms with Gasteiger partial charge in [0.15, 0.2) is 5.78 Å². The summed E-state index contributed by atoms with van der Waals surface area (Å²) in [7, 11) is -4.15. The van der Waals surface area contributed by atoms with Gasteiger partial charge >= 0.3 is 6.18 Å². The van der Waals surface area contributed by atoms with E-state index in [0.29, 0.717) is 23.3 Å². The molecule has 4 aromatic rings. The first-order chi connectivity index (χ1) is 21.4. The Bertz CT molecular complexity index is 2000. The summed E-state index contributed by atoms with van der Waals surface area (Å²) < 4.78 is 68.6. The molecule has 13 heteroatoms. The van der Waals surface area contributed by atoms with Gasteiger partial charge in [-0.15, -0.1) is 0 Å². The Morgan fingerprint density at radius 3 is 2.00 bits per heavy atom. The van der Waals surface area contributed by atoms with Crippen LogP contribution in [0.15, 0.2) is 94.7 Å². The fourth-order valence-electron chi connectivity index (χ4n) is 5.47. The van der Waals surface area contributed by atoms with Crippen molar-refractivity contribution in [2.24, 2.45) is 0 Å². The van der Waals surface area contributed by atoms with Gasteiger partial charge in [0.1, 0.15) is 10.6 Å². The zero-order valence-electron chi connectivity index (χ0n) is 23.5. The van der Waals surface area contributed by atoms with Crippen LogP contribution in [-0.2, 0) is 22.7 Å². The molecule has 3 heterocycles. The maximum atomic E-state index is 13.7. The SMILES string of the molecule is O=C(Cn1cc(S(=O)(=O)N2CCCC2)cc(N2C(=O)c3ccccc3C2=O)c1=O)c1ccc(-c2cccc(C(F)(F)F)c2)cc1. The molecule has 3 aromatic carbocycles. The fourth-order valence-corrected chi connectivity index (χ4v) is 7.03. The number of benzene rings is 3. The van der Waals surface area contributed by atoms with Crippen molar-refractivity contribution in [1.82, 2.24) is 8.87 Å². The van der Waals surface area contributed by atoms with Gasteiger partial charge < -0.3 is 4.57 Å². The maximum absolute atomic E-state index is 13.7. The number of hydrogen-bond donors (Lipinski definition) is 0. The number of sulfonamides is 1. The zero-order valence-corrected chi connectivity index (χ0v) is 24.3. The molecule has 2 amide bonds. The van der Waals surface area contributed by atoms with Crippen LogP contribution in [0, 0.1) is 0 Å². The van der Waals surface area contributed by atoms with E-state index in [-0.39, 0.29) is 40.2 Å². The van der Waals surface area contributed by atoms with Crippen LogP contribution in [0.25, 0.3) is 11.1 Å². The quantitative estimate of drug-likeness (QED) is 0.209. The lowest BCUT2D eigenvalue weighted by atomic mass is 10.0. The minimum atomic E-state index is -4.53. The predicted molar refractivity (Wildman–Crippen MR) is 157 cm³/mol. The lowest BCUT2D eigenvalue weighted by molar-refractivity contribution is -0.137. The topological polar surface area (TPSA) is 114 Å². The molecule has 9 nitrogen and oxygen atoms in total. The summed E-state index contributed by atoms with van der Waals surface area (Å²) in [6.07, 6.45) is -2.23. The normalized spacial score (nSPS) is 15.5. The number of halogens is 3. The smallest absolute Gasteiger partial charge is 0.305 e. The molecule has 2 aliphatic heterocycles. The Morgan fingerprint density at radius 2 is 1.40 bits per heavy atom. The monoisotopic (exact) mass is 635 g/mol. The summed E-state index contributed by atoms with van der Waals surface area (Å²) in [5, 5.41) is 0.